The number of carbonyl (C=O) groups excluding carboxylic acids is 1. The van der Waals surface area contributed by atoms with E-state index in [1.807, 2.05) is 31.3 Å². The summed E-state index contributed by atoms with van der Waals surface area (Å²) in [5.74, 6) is -0.0368. The lowest BCUT2D eigenvalue weighted by Crippen LogP contribution is -2.21. The van der Waals surface area contributed by atoms with E-state index in [4.69, 9.17) is 4.98 Å². The third-order valence-electron chi connectivity index (χ3n) is 5.67. The molecule has 0 radical (unpaired) electrons. The van der Waals surface area contributed by atoms with Crippen molar-refractivity contribution in [3.8, 4) is 11.1 Å². The van der Waals surface area contributed by atoms with Crippen LogP contribution < -0.4 is 0 Å². The van der Waals surface area contributed by atoms with Crippen molar-refractivity contribution in [1.29, 1.82) is 0 Å². The fraction of sp³-hybridized carbons (Fsp3) is 0.208. The quantitative estimate of drug-likeness (QED) is 0.498. The minimum Gasteiger partial charge on any atom is -0.294 e. The third kappa shape index (κ3) is 3.03. The van der Waals surface area contributed by atoms with E-state index in [-0.39, 0.29) is 17.5 Å². The van der Waals surface area contributed by atoms with Gasteiger partial charge < -0.3 is 0 Å². The van der Waals surface area contributed by atoms with Crippen molar-refractivity contribution in [2.24, 2.45) is 0 Å². The maximum absolute atomic E-state index is 13.4. The summed E-state index contributed by atoms with van der Waals surface area (Å²) in [6, 6.07) is 16.5. The first-order chi connectivity index (χ1) is 14.1. The largest absolute Gasteiger partial charge is 0.294 e. The number of halogens is 1. The minimum atomic E-state index is -0.273. The molecule has 5 rings (SSSR count). The zero-order valence-electron chi connectivity index (χ0n) is 16.1. The van der Waals surface area contributed by atoms with Gasteiger partial charge >= 0.3 is 0 Å². The Morgan fingerprint density at radius 3 is 2.55 bits per heavy atom. The zero-order valence-corrected chi connectivity index (χ0v) is 16.1. The summed E-state index contributed by atoms with van der Waals surface area (Å²) in [5, 5.41) is 4.66. The van der Waals surface area contributed by atoms with E-state index in [0.29, 0.717) is 17.6 Å². The molecular formula is C24H20FN3O. The monoisotopic (exact) mass is 385 g/mol. The predicted octanol–water partition coefficient (Wildman–Crippen LogP) is 5.01. The molecule has 1 unspecified atom stereocenters. The number of aryl methyl sites for hydroxylation is 1. The summed E-state index contributed by atoms with van der Waals surface area (Å²) in [5.41, 5.74) is 6.02. The van der Waals surface area contributed by atoms with Crippen LogP contribution in [0.3, 0.4) is 0 Å². The van der Waals surface area contributed by atoms with Gasteiger partial charge in [-0.05, 0) is 42.0 Å². The van der Waals surface area contributed by atoms with Crippen molar-refractivity contribution in [1.82, 2.24) is 14.6 Å². The molecule has 2 aromatic heterocycles. The molecule has 144 valence electrons. The lowest BCUT2D eigenvalue weighted by molar-refractivity contribution is 0.0962. The van der Waals surface area contributed by atoms with Gasteiger partial charge in [-0.3, -0.25) is 4.79 Å². The van der Waals surface area contributed by atoms with Crippen LogP contribution in [0.4, 0.5) is 4.39 Å². The highest BCUT2D eigenvalue weighted by molar-refractivity contribution is 5.99. The molecule has 2 aromatic carbocycles. The van der Waals surface area contributed by atoms with Gasteiger partial charge in [0.1, 0.15) is 5.82 Å². The van der Waals surface area contributed by atoms with Crippen LogP contribution in [0, 0.1) is 5.82 Å². The van der Waals surface area contributed by atoms with Gasteiger partial charge in [0.2, 0.25) is 0 Å². The number of fused-ring (bicyclic) bond motifs is 2. The van der Waals surface area contributed by atoms with Crippen molar-refractivity contribution in [3.63, 3.8) is 0 Å². The molecule has 5 heteroatoms. The van der Waals surface area contributed by atoms with Gasteiger partial charge in [-0.2, -0.15) is 5.10 Å². The highest BCUT2D eigenvalue weighted by Gasteiger charge is 2.29. The second-order valence-corrected chi connectivity index (χ2v) is 7.49. The van der Waals surface area contributed by atoms with E-state index in [2.05, 4.69) is 17.2 Å². The van der Waals surface area contributed by atoms with Crippen molar-refractivity contribution in [2.75, 3.05) is 0 Å². The third-order valence-corrected chi connectivity index (χ3v) is 5.67. The molecule has 0 aliphatic heterocycles. The molecule has 0 bridgehead atoms. The predicted molar refractivity (Wildman–Crippen MR) is 110 cm³/mol. The van der Waals surface area contributed by atoms with E-state index in [0.717, 1.165) is 40.9 Å². The van der Waals surface area contributed by atoms with Crippen LogP contribution in [-0.4, -0.2) is 20.4 Å². The number of Topliss-reactive ketones (excluding diaryl/α,β-unsaturated/α-hetero) is 1. The van der Waals surface area contributed by atoms with Crippen molar-refractivity contribution in [3.05, 3.63) is 89.1 Å². The van der Waals surface area contributed by atoms with E-state index < -0.39 is 0 Å². The number of hydrogen-bond acceptors (Lipinski definition) is 3. The topological polar surface area (TPSA) is 47.3 Å². The molecule has 1 atom stereocenters. The molecule has 29 heavy (non-hydrogen) atoms. The normalized spacial score (nSPS) is 16.2. The lowest BCUT2D eigenvalue weighted by atomic mass is 9.82. The maximum Gasteiger partial charge on any atom is 0.166 e. The molecule has 0 saturated carbocycles. The Labute approximate surface area is 168 Å². The first kappa shape index (κ1) is 17.7. The summed E-state index contributed by atoms with van der Waals surface area (Å²) >= 11 is 0. The van der Waals surface area contributed by atoms with E-state index >= 15 is 0 Å². The fourth-order valence-electron chi connectivity index (χ4n) is 4.20. The highest BCUT2D eigenvalue weighted by atomic mass is 19.1. The van der Waals surface area contributed by atoms with Crippen LogP contribution in [-0.2, 0) is 12.8 Å². The maximum atomic E-state index is 13.4. The highest BCUT2D eigenvalue weighted by Crippen LogP contribution is 2.34. The number of rotatable bonds is 3. The molecule has 0 spiro atoms. The van der Waals surface area contributed by atoms with Crippen molar-refractivity contribution >= 4 is 11.4 Å². The number of ketones is 1. The Hall–Kier alpha value is -3.34. The average Bonchev–Trinajstić information content (AvgIpc) is 3.11. The summed E-state index contributed by atoms with van der Waals surface area (Å²) < 4.78 is 15.1. The van der Waals surface area contributed by atoms with Crippen LogP contribution in [0.2, 0.25) is 0 Å². The second-order valence-electron chi connectivity index (χ2n) is 7.49. The minimum absolute atomic E-state index is 0.103. The van der Waals surface area contributed by atoms with Crippen LogP contribution in [0.1, 0.15) is 46.6 Å². The SMILES string of the molecule is CCc1nn2cc3c(nc2c1-c1ccc(F)cc1)CC(c1ccccc1)CC3=O. The number of aromatic nitrogens is 3. The number of carbonyl (C=O) groups is 1. The number of hydrogen-bond donors (Lipinski definition) is 0. The summed E-state index contributed by atoms with van der Waals surface area (Å²) in [6.45, 7) is 2.03. The van der Waals surface area contributed by atoms with E-state index in [1.54, 1.807) is 16.6 Å². The van der Waals surface area contributed by atoms with Gasteiger partial charge in [-0.1, -0.05) is 49.4 Å². The molecule has 0 fully saturated rings. The number of nitrogens with zero attached hydrogens (tertiary/aromatic N) is 3. The summed E-state index contributed by atoms with van der Waals surface area (Å²) in [6.07, 6.45) is 3.74. The Morgan fingerprint density at radius 1 is 1.07 bits per heavy atom. The van der Waals surface area contributed by atoms with Gasteiger partial charge in [0.15, 0.2) is 11.4 Å². The molecule has 2 heterocycles. The van der Waals surface area contributed by atoms with Crippen LogP contribution in [0.5, 0.6) is 0 Å². The zero-order chi connectivity index (χ0) is 20.0. The molecule has 4 nitrogen and oxygen atoms in total. The van der Waals surface area contributed by atoms with Crippen LogP contribution >= 0.6 is 0 Å². The molecule has 1 aliphatic carbocycles. The molecule has 1 aliphatic rings. The standard InChI is InChI=1S/C24H20FN3O/c1-2-20-23(16-8-10-18(25)11-9-16)24-26-21-12-17(15-6-4-3-5-7-15)13-22(29)19(21)14-28(24)27-20/h3-11,14,17H,2,12-13H2,1H3. The Kier molecular flexibility index (Phi) is 4.23. The first-order valence-corrected chi connectivity index (χ1v) is 9.89. The van der Waals surface area contributed by atoms with Crippen LogP contribution in [0.25, 0.3) is 16.8 Å². The van der Waals surface area contributed by atoms with E-state index in [1.165, 1.54) is 12.1 Å². The molecular weight excluding hydrogens is 365 g/mol. The molecule has 0 amide bonds. The van der Waals surface area contributed by atoms with Crippen molar-refractivity contribution in [2.45, 2.75) is 32.1 Å². The number of benzene rings is 2. The van der Waals surface area contributed by atoms with E-state index in [9.17, 15) is 9.18 Å². The van der Waals surface area contributed by atoms with Crippen LogP contribution in [0.15, 0.2) is 60.8 Å². The van der Waals surface area contributed by atoms with Gasteiger partial charge in [-0.15, -0.1) is 0 Å². The average molecular weight is 385 g/mol. The smallest absolute Gasteiger partial charge is 0.166 e. The molecule has 0 saturated heterocycles. The Bertz CT molecular complexity index is 1210. The molecule has 0 N–H and O–H groups in total. The molecule has 4 aromatic rings. The summed E-state index contributed by atoms with van der Waals surface area (Å²) in [7, 11) is 0. The van der Waals surface area contributed by atoms with Gasteiger partial charge in [0.05, 0.1) is 17.0 Å². The van der Waals surface area contributed by atoms with Gasteiger partial charge in [0.25, 0.3) is 0 Å². The fourth-order valence-corrected chi connectivity index (χ4v) is 4.20. The lowest BCUT2D eigenvalue weighted by Gasteiger charge is -2.23. The second kappa shape index (κ2) is 6.92. The first-order valence-electron chi connectivity index (χ1n) is 9.89. The summed E-state index contributed by atoms with van der Waals surface area (Å²) in [4.78, 5) is 17.8. The van der Waals surface area contributed by atoms with Gasteiger partial charge in [0, 0.05) is 18.2 Å². The Balaban J connectivity index is 1.66. The van der Waals surface area contributed by atoms with Gasteiger partial charge in [-0.25, -0.2) is 13.9 Å². The van der Waals surface area contributed by atoms with Crippen molar-refractivity contribution < 1.29 is 9.18 Å². The Morgan fingerprint density at radius 2 is 1.83 bits per heavy atom.